The quantitative estimate of drug-likeness (QED) is 0.813. The molecule has 0 saturated heterocycles. The van der Waals surface area contributed by atoms with E-state index < -0.39 is 17.8 Å². The Bertz CT molecular complexity index is 611. The van der Waals surface area contributed by atoms with Gasteiger partial charge in [-0.05, 0) is 42.4 Å². The first-order valence-electron chi connectivity index (χ1n) is 7.47. The molecule has 1 aromatic carbocycles. The maximum Gasteiger partial charge on any atom is 0.224 e. The fourth-order valence-corrected chi connectivity index (χ4v) is 3.60. The molecule has 0 heterocycles. The van der Waals surface area contributed by atoms with Crippen molar-refractivity contribution in [1.29, 1.82) is 0 Å². The van der Waals surface area contributed by atoms with Crippen LogP contribution in [0.4, 0.5) is 4.39 Å². The number of carboxylic acids is 1. The second-order valence-electron chi connectivity index (χ2n) is 5.99. The average molecular weight is 302 g/mol. The number of fused-ring (bicyclic) bond motifs is 2. The fraction of sp³-hybridized carbons (Fsp3) is 0.412. The molecule has 2 aliphatic carbocycles. The van der Waals surface area contributed by atoms with Crippen molar-refractivity contribution in [1.82, 2.24) is 5.32 Å². The molecule has 0 aliphatic heterocycles. The van der Waals surface area contributed by atoms with Crippen LogP contribution in [-0.4, -0.2) is 18.4 Å². The lowest BCUT2D eigenvalue weighted by atomic mass is 9.82. The van der Waals surface area contributed by atoms with Gasteiger partial charge in [0, 0.05) is 18.4 Å². The van der Waals surface area contributed by atoms with Crippen LogP contribution in [0.25, 0.3) is 0 Å². The lowest BCUT2D eigenvalue weighted by Gasteiger charge is -2.27. The van der Waals surface area contributed by atoms with E-state index in [1.54, 1.807) is 12.1 Å². The summed E-state index contributed by atoms with van der Waals surface area (Å²) in [5.74, 6) is -3.00. The summed E-state index contributed by atoms with van der Waals surface area (Å²) in [5, 5.41) is 14.1. The molecule has 0 radical (unpaired) electrons. The van der Waals surface area contributed by atoms with Crippen molar-refractivity contribution in [2.24, 2.45) is 23.7 Å². The van der Waals surface area contributed by atoms with Gasteiger partial charge in [-0.2, -0.15) is 0 Å². The zero-order chi connectivity index (χ0) is 15.7. The third kappa shape index (κ3) is 2.75. The number of hydrogen-bond donors (Lipinski definition) is 1. The second kappa shape index (κ2) is 5.91. The van der Waals surface area contributed by atoms with Crippen LogP contribution >= 0.6 is 0 Å². The van der Waals surface area contributed by atoms with Gasteiger partial charge in [0.15, 0.2) is 0 Å². The molecule has 1 aromatic rings. The Labute approximate surface area is 128 Å². The van der Waals surface area contributed by atoms with Gasteiger partial charge in [-0.15, -0.1) is 0 Å². The molecule has 4 nitrogen and oxygen atoms in total. The summed E-state index contributed by atoms with van der Waals surface area (Å²) in [6.07, 6.45) is 5.12. The molecule has 4 atom stereocenters. The third-order valence-electron chi connectivity index (χ3n) is 4.66. The minimum atomic E-state index is -1.14. The van der Waals surface area contributed by atoms with Gasteiger partial charge in [0.05, 0.1) is 5.92 Å². The van der Waals surface area contributed by atoms with Crippen molar-refractivity contribution in [3.63, 3.8) is 0 Å². The molecule has 116 valence electrons. The van der Waals surface area contributed by atoms with E-state index in [0.29, 0.717) is 19.4 Å². The molecule has 1 fully saturated rings. The van der Waals surface area contributed by atoms with Crippen molar-refractivity contribution < 1.29 is 19.1 Å². The Morgan fingerprint density at radius 3 is 2.41 bits per heavy atom. The lowest BCUT2D eigenvalue weighted by molar-refractivity contribution is -0.313. The highest BCUT2D eigenvalue weighted by atomic mass is 19.1. The van der Waals surface area contributed by atoms with Crippen LogP contribution in [0, 0.1) is 29.5 Å². The van der Waals surface area contributed by atoms with Crippen LogP contribution in [0.2, 0.25) is 0 Å². The zero-order valence-corrected chi connectivity index (χ0v) is 12.0. The van der Waals surface area contributed by atoms with Crippen LogP contribution in [0.15, 0.2) is 36.4 Å². The molecule has 2 aliphatic rings. The number of carbonyl (C=O) groups is 2. The topological polar surface area (TPSA) is 69.2 Å². The molecule has 5 heteroatoms. The maximum atomic E-state index is 12.8. The van der Waals surface area contributed by atoms with Crippen molar-refractivity contribution in [2.45, 2.75) is 12.8 Å². The summed E-state index contributed by atoms with van der Waals surface area (Å²) < 4.78 is 12.8. The smallest absolute Gasteiger partial charge is 0.224 e. The first-order valence-corrected chi connectivity index (χ1v) is 7.47. The molecule has 22 heavy (non-hydrogen) atoms. The summed E-state index contributed by atoms with van der Waals surface area (Å²) >= 11 is 0. The maximum absolute atomic E-state index is 12.8. The number of amides is 1. The summed E-state index contributed by atoms with van der Waals surface area (Å²) in [6, 6.07) is 6.10. The van der Waals surface area contributed by atoms with Gasteiger partial charge in [0.2, 0.25) is 5.91 Å². The van der Waals surface area contributed by atoms with Crippen molar-refractivity contribution in [2.75, 3.05) is 6.54 Å². The van der Waals surface area contributed by atoms with Gasteiger partial charge < -0.3 is 15.2 Å². The van der Waals surface area contributed by atoms with Crippen LogP contribution in [0.1, 0.15) is 12.0 Å². The second-order valence-corrected chi connectivity index (χ2v) is 5.99. The number of hydrogen-bond acceptors (Lipinski definition) is 3. The van der Waals surface area contributed by atoms with Gasteiger partial charge >= 0.3 is 0 Å². The fourth-order valence-electron chi connectivity index (χ4n) is 3.60. The number of allylic oxidation sites excluding steroid dienone is 2. The molecule has 3 rings (SSSR count). The van der Waals surface area contributed by atoms with Crippen molar-refractivity contribution >= 4 is 11.9 Å². The minimum Gasteiger partial charge on any atom is -0.550 e. The van der Waals surface area contributed by atoms with Crippen LogP contribution < -0.4 is 10.4 Å². The van der Waals surface area contributed by atoms with Gasteiger partial charge in [0.1, 0.15) is 5.82 Å². The highest BCUT2D eigenvalue weighted by Gasteiger charge is 2.48. The molecule has 0 aromatic heterocycles. The highest BCUT2D eigenvalue weighted by Crippen LogP contribution is 2.47. The first kappa shape index (κ1) is 14.8. The number of benzene rings is 1. The SMILES string of the molecule is O=C([O-])[C@@H]1[C@H](C(=O)NCCc2ccc(F)cc2)[C@@H]2C=C[C@H]1C2. The van der Waals surface area contributed by atoms with Crippen LogP contribution in [0.5, 0.6) is 0 Å². The summed E-state index contributed by atoms with van der Waals surface area (Å²) in [4.78, 5) is 23.6. The Morgan fingerprint density at radius 2 is 1.77 bits per heavy atom. The van der Waals surface area contributed by atoms with E-state index in [2.05, 4.69) is 5.32 Å². The standard InChI is InChI=1S/C17H18FNO3/c18-13-5-1-10(2-6-13)7-8-19-16(20)14-11-3-4-12(9-11)15(14)17(21)22/h1-6,11-12,14-15H,7-9H2,(H,19,20)(H,21,22)/p-1/t11-,12+,14-,15+/m1/s1. The lowest BCUT2D eigenvalue weighted by Crippen LogP contribution is -2.45. The number of aliphatic carboxylic acids is 1. The normalized spacial score (nSPS) is 28.8. The first-order chi connectivity index (χ1) is 10.6. The highest BCUT2D eigenvalue weighted by molar-refractivity contribution is 5.86. The van der Waals surface area contributed by atoms with Gasteiger partial charge in [0.25, 0.3) is 0 Å². The monoisotopic (exact) mass is 302 g/mol. The van der Waals surface area contributed by atoms with E-state index in [9.17, 15) is 19.1 Å². The summed E-state index contributed by atoms with van der Waals surface area (Å²) in [6.45, 7) is 0.405. The largest absolute Gasteiger partial charge is 0.550 e. The predicted molar refractivity (Wildman–Crippen MR) is 75.8 cm³/mol. The Balaban J connectivity index is 1.56. The number of rotatable bonds is 5. The Hall–Kier alpha value is -2.17. The summed E-state index contributed by atoms with van der Waals surface area (Å²) in [5.41, 5.74) is 0.922. The van der Waals surface area contributed by atoms with Gasteiger partial charge in [-0.3, -0.25) is 4.79 Å². The molecule has 1 N–H and O–H groups in total. The van der Waals surface area contributed by atoms with Crippen molar-refractivity contribution in [3.8, 4) is 0 Å². The van der Waals surface area contributed by atoms with E-state index in [4.69, 9.17) is 0 Å². The van der Waals surface area contributed by atoms with E-state index in [0.717, 1.165) is 5.56 Å². The van der Waals surface area contributed by atoms with Gasteiger partial charge in [-0.1, -0.05) is 24.3 Å². The molecule has 1 saturated carbocycles. The number of carboxylic acid groups (broad SMARTS) is 1. The minimum absolute atomic E-state index is 0.00118. The average Bonchev–Trinajstić information content (AvgIpc) is 3.09. The van der Waals surface area contributed by atoms with Gasteiger partial charge in [-0.25, -0.2) is 4.39 Å². The molecule has 2 bridgehead atoms. The molecular weight excluding hydrogens is 285 g/mol. The van der Waals surface area contributed by atoms with E-state index in [1.807, 2.05) is 12.2 Å². The van der Waals surface area contributed by atoms with E-state index >= 15 is 0 Å². The Kier molecular flexibility index (Phi) is 3.96. The van der Waals surface area contributed by atoms with E-state index in [1.165, 1.54) is 12.1 Å². The molecule has 1 amide bonds. The number of halogens is 1. The van der Waals surface area contributed by atoms with E-state index in [-0.39, 0.29) is 23.6 Å². The van der Waals surface area contributed by atoms with Crippen molar-refractivity contribution in [3.05, 3.63) is 47.8 Å². The zero-order valence-electron chi connectivity index (χ0n) is 12.0. The molecular formula is C17H17FNO3-. The predicted octanol–water partition coefficient (Wildman–Crippen LogP) is 0.673. The number of carbonyl (C=O) groups excluding carboxylic acids is 2. The molecule has 0 spiro atoms. The number of nitrogens with one attached hydrogen (secondary N) is 1. The third-order valence-corrected chi connectivity index (χ3v) is 4.66. The Morgan fingerprint density at radius 1 is 1.14 bits per heavy atom. The van der Waals surface area contributed by atoms with Crippen LogP contribution in [-0.2, 0) is 16.0 Å². The van der Waals surface area contributed by atoms with Crippen LogP contribution in [0.3, 0.4) is 0 Å². The molecule has 0 unspecified atom stereocenters. The summed E-state index contributed by atoms with van der Waals surface area (Å²) in [7, 11) is 0.